The molecule has 2 aromatic rings. The summed E-state index contributed by atoms with van der Waals surface area (Å²) >= 11 is 0. The lowest BCUT2D eigenvalue weighted by Crippen LogP contribution is -2.62. The van der Waals surface area contributed by atoms with E-state index >= 15 is 0 Å². The summed E-state index contributed by atoms with van der Waals surface area (Å²) in [5.41, 5.74) is 1.68. The fraction of sp³-hybridized carbons (Fsp3) is 0.500. The second kappa shape index (κ2) is 18.4. The van der Waals surface area contributed by atoms with Gasteiger partial charge in [0, 0.05) is 32.5 Å². The molecule has 14 nitrogen and oxygen atoms in total. The molecule has 56 heavy (non-hydrogen) atoms. The first-order valence-electron chi connectivity index (χ1n) is 19.7. The molecule has 4 saturated heterocycles. The maximum absolute atomic E-state index is 14.5. The highest BCUT2D eigenvalue weighted by Gasteiger charge is 2.46. The number of amides is 6. The molecule has 2 aromatic carbocycles. The van der Waals surface area contributed by atoms with Crippen molar-refractivity contribution in [2.45, 2.75) is 101 Å². The molecule has 0 aliphatic carbocycles. The van der Waals surface area contributed by atoms with Crippen molar-refractivity contribution in [1.82, 2.24) is 30.7 Å². The van der Waals surface area contributed by atoms with Crippen molar-refractivity contribution in [3.05, 3.63) is 77.9 Å². The Morgan fingerprint density at radius 3 is 2.25 bits per heavy atom. The van der Waals surface area contributed by atoms with Gasteiger partial charge in [-0.25, -0.2) is 4.79 Å². The predicted molar refractivity (Wildman–Crippen MR) is 206 cm³/mol. The fourth-order valence-electron chi connectivity index (χ4n) is 8.17. The van der Waals surface area contributed by atoms with Crippen LogP contribution in [-0.4, -0.2) is 119 Å². The van der Waals surface area contributed by atoms with Crippen molar-refractivity contribution in [3.8, 4) is 0 Å². The number of nitrogens with one attached hydrogen (secondary N) is 3. The molecule has 4 aliphatic rings. The third kappa shape index (κ3) is 9.64. The van der Waals surface area contributed by atoms with Crippen LogP contribution in [0.25, 0.3) is 6.08 Å². The number of fused-ring (bicyclic) bond motifs is 3. The van der Waals surface area contributed by atoms with Gasteiger partial charge in [0.1, 0.15) is 42.9 Å². The van der Waals surface area contributed by atoms with Crippen molar-refractivity contribution in [1.29, 1.82) is 0 Å². The van der Waals surface area contributed by atoms with Gasteiger partial charge in [-0.15, -0.1) is 0 Å². The minimum Gasteiger partial charge on any atom is -0.461 e. The van der Waals surface area contributed by atoms with Gasteiger partial charge in [0.2, 0.25) is 35.4 Å². The lowest BCUT2D eigenvalue weighted by molar-refractivity contribution is -0.158. The SMILES string of the molecule is C[C@H]1C[C@H]2C(=O)OC[C@H](NC(=O)[C@H](Cc3ccccc3)NC(=O)C/C=C/c3ccccc3)C(=O)N3CCC[C@H]3C(=O)N3CCCC[C@H]3C(=O)N[C@@H](C)C(=O)N2C1. The van der Waals surface area contributed by atoms with Gasteiger partial charge in [0.15, 0.2) is 0 Å². The maximum atomic E-state index is 14.5. The zero-order chi connectivity index (χ0) is 39.8. The largest absolute Gasteiger partial charge is 0.461 e. The molecule has 4 fully saturated rings. The molecule has 4 heterocycles. The van der Waals surface area contributed by atoms with Crippen molar-refractivity contribution in [2.75, 3.05) is 26.2 Å². The van der Waals surface area contributed by atoms with Gasteiger partial charge < -0.3 is 35.4 Å². The Bertz CT molecular complexity index is 1800. The minimum atomic E-state index is -1.41. The van der Waals surface area contributed by atoms with E-state index in [1.807, 2.05) is 73.7 Å². The number of hydrogen-bond acceptors (Lipinski definition) is 8. The monoisotopic (exact) mass is 768 g/mol. The number of rotatable bonds is 8. The summed E-state index contributed by atoms with van der Waals surface area (Å²) in [5, 5.41) is 8.37. The summed E-state index contributed by atoms with van der Waals surface area (Å²) in [7, 11) is 0. The van der Waals surface area contributed by atoms with Crippen molar-refractivity contribution in [3.63, 3.8) is 0 Å². The van der Waals surface area contributed by atoms with Crippen molar-refractivity contribution < 1.29 is 38.3 Å². The molecule has 0 aromatic heterocycles. The van der Waals surface area contributed by atoms with Crippen molar-refractivity contribution in [2.24, 2.45) is 5.92 Å². The quantitative estimate of drug-likeness (QED) is 0.342. The molecule has 0 spiro atoms. The van der Waals surface area contributed by atoms with E-state index < -0.39 is 78.4 Å². The normalized spacial score (nSPS) is 26.9. The van der Waals surface area contributed by atoms with Gasteiger partial charge in [-0.3, -0.25) is 28.8 Å². The summed E-state index contributed by atoms with van der Waals surface area (Å²) < 4.78 is 5.75. The highest BCUT2D eigenvalue weighted by Crippen LogP contribution is 2.28. The second-order valence-corrected chi connectivity index (χ2v) is 15.3. The molecule has 0 bridgehead atoms. The van der Waals surface area contributed by atoms with Crippen LogP contribution < -0.4 is 16.0 Å². The topological polar surface area (TPSA) is 175 Å². The second-order valence-electron chi connectivity index (χ2n) is 15.3. The molecule has 0 radical (unpaired) electrons. The van der Waals surface area contributed by atoms with Crippen LogP contribution in [0.4, 0.5) is 0 Å². The Hall–Kier alpha value is -5.53. The van der Waals surface area contributed by atoms with Crippen LogP contribution in [0, 0.1) is 5.92 Å². The van der Waals surface area contributed by atoms with Gasteiger partial charge in [-0.1, -0.05) is 79.7 Å². The first kappa shape index (κ1) is 40.1. The highest BCUT2D eigenvalue weighted by atomic mass is 16.5. The molecule has 0 saturated carbocycles. The number of ether oxygens (including phenoxy) is 1. The van der Waals surface area contributed by atoms with E-state index in [1.165, 1.54) is 14.7 Å². The zero-order valence-corrected chi connectivity index (χ0v) is 32.1. The van der Waals surface area contributed by atoms with Gasteiger partial charge in [-0.2, -0.15) is 0 Å². The average Bonchev–Trinajstić information content (AvgIpc) is 3.86. The Labute approximate surface area is 327 Å². The van der Waals surface area contributed by atoms with E-state index in [-0.39, 0.29) is 37.8 Å². The van der Waals surface area contributed by atoms with Crippen LogP contribution in [0.1, 0.15) is 69.9 Å². The number of hydrogen-bond donors (Lipinski definition) is 3. The standard InChI is InChI=1S/C42H52N6O8/c1-27-23-35-42(55)56-26-32(45-37(50)31(24-30-15-7-4-8-16-30)44-36(49)20-11-17-29-13-5-3-6-14-29)40(53)47-22-12-19-34(47)41(54)46-21-10-9-18-33(46)38(51)43-28(2)39(52)48(35)25-27/h3-8,11,13-17,27-28,31-35H,9-10,12,18-26H2,1-2H3,(H,43,51)(H,44,49)(H,45,50)/b17-11+/t27-,28-,31-,32-,33-,34-,35-/m0/s1. The van der Waals surface area contributed by atoms with E-state index in [0.29, 0.717) is 45.1 Å². The summed E-state index contributed by atoms with van der Waals surface area (Å²) in [6, 6.07) is 12.4. The van der Waals surface area contributed by atoms with Crippen LogP contribution >= 0.6 is 0 Å². The number of esters is 1. The van der Waals surface area contributed by atoms with Gasteiger partial charge in [0.25, 0.3) is 0 Å². The van der Waals surface area contributed by atoms with Gasteiger partial charge in [0.05, 0.1) is 0 Å². The Kier molecular flexibility index (Phi) is 13.2. The third-order valence-corrected chi connectivity index (χ3v) is 11.1. The van der Waals surface area contributed by atoms with Crippen LogP contribution in [0.15, 0.2) is 66.7 Å². The number of nitrogens with zero attached hydrogens (tertiary/aromatic N) is 3. The van der Waals surface area contributed by atoms with Crippen LogP contribution in [0.3, 0.4) is 0 Å². The first-order chi connectivity index (χ1) is 27.0. The minimum absolute atomic E-state index is 0.00578. The molecule has 14 heteroatoms. The summed E-state index contributed by atoms with van der Waals surface area (Å²) in [4.78, 5) is 102. The molecule has 0 unspecified atom stereocenters. The molecule has 4 aliphatic heterocycles. The number of benzene rings is 2. The zero-order valence-electron chi connectivity index (χ0n) is 32.1. The van der Waals surface area contributed by atoms with Crippen molar-refractivity contribution >= 4 is 47.5 Å². The number of cyclic esters (lactones) is 1. The van der Waals surface area contributed by atoms with Gasteiger partial charge >= 0.3 is 5.97 Å². The number of carbonyl (C=O) groups excluding carboxylic acids is 7. The van der Waals surface area contributed by atoms with Crippen LogP contribution in [0.5, 0.6) is 0 Å². The first-order valence-corrected chi connectivity index (χ1v) is 19.7. The average molecular weight is 769 g/mol. The fourth-order valence-corrected chi connectivity index (χ4v) is 8.17. The van der Waals surface area contributed by atoms with E-state index in [1.54, 1.807) is 13.0 Å². The highest BCUT2D eigenvalue weighted by molar-refractivity contribution is 5.98. The molecular weight excluding hydrogens is 716 g/mol. The summed E-state index contributed by atoms with van der Waals surface area (Å²) in [6.07, 6.45) is 6.60. The van der Waals surface area contributed by atoms with E-state index in [2.05, 4.69) is 16.0 Å². The molecular formula is C42H52N6O8. The summed E-state index contributed by atoms with van der Waals surface area (Å²) in [6.45, 7) is 3.72. The van der Waals surface area contributed by atoms with Crippen LogP contribution in [-0.2, 0) is 44.7 Å². The lowest BCUT2D eigenvalue weighted by atomic mass is 9.99. The maximum Gasteiger partial charge on any atom is 0.328 e. The van der Waals surface area contributed by atoms with E-state index in [9.17, 15) is 33.6 Å². The molecule has 6 rings (SSSR count). The third-order valence-electron chi connectivity index (χ3n) is 11.1. The van der Waals surface area contributed by atoms with Gasteiger partial charge in [-0.05, 0) is 62.5 Å². The van der Waals surface area contributed by atoms with Crippen LogP contribution in [0.2, 0.25) is 0 Å². The summed E-state index contributed by atoms with van der Waals surface area (Å²) in [5.74, 6) is -3.78. The van der Waals surface area contributed by atoms with E-state index in [0.717, 1.165) is 11.1 Å². The lowest BCUT2D eigenvalue weighted by Gasteiger charge is -2.39. The number of piperidine rings is 1. The Morgan fingerprint density at radius 1 is 0.821 bits per heavy atom. The van der Waals surface area contributed by atoms with E-state index in [4.69, 9.17) is 4.74 Å². The Balaban J connectivity index is 1.27. The molecule has 3 N–H and O–H groups in total. The number of carbonyl (C=O) groups is 7. The molecule has 298 valence electrons. The smallest absolute Gasteiger partial charge is 0.328 e. The molecule has 6 amide bonds. The predicted octanol–water partition coefficient (Wildman–Crippen LogP) is 1.97. The Morgan fingerprint density at radius 2 is 1.50 bits per heavy atom. The molecule has 7 atom stereocenters.